The van der Waals surface area contributed by atoms with Crippen molar-refractivity contribution < 1.29 is 0 Å². The molecule has 2 heterocycles. The number of nitrogens with two attached hydrogens (primary N) is 1. The number of nitrogens with zero attached hydrogens (tertiary/aromatic N) is 2. The standard InChI is InChI=1S/C15H26N4S.HI/c1-2-7-17-15(16)18-10-13-5-3-8-19(11-13)12-14-6-4-9-20-14;/h4,6,9,13H,2-3,5,7-8,10-12H2,1H3,(H3,16,17,18);1H. The molecule has 1 fully saturated rings. The van der Waals surface area contributed by atoms with Crippen LogP contribution in [-0.4, -0.2) is 37.0 Å². The molecule has 0 bridgehead atoms. The van der Waals surface area contributed by atoms with Crippen LogP contribution >= 0.6 is 35.3 Å². The van der Waals surface area contributed by atoms with E-state index in [0.29, 0.717) is 11.9 Å². The van der Waals surface area contributed by atoms with Gasteiger partial charge in [0.25, 0.3) is 0 Å². The van der Waals surface area contributed by atoms with Crippen LogP contribution in [0.4, 0.5) is 0 Å². The molecule has 1 aromatic heterocycles. The molecule has 1 aliphatic heterocycles. The van der Waals surface area contributed by atoms with E-state index in [1.54, 1.807) is 0 Å². The Morgan fingerprint density at radius 1 is 1.57 bits per heavy atom. The van der Waals surface area contributed by atoms with Crippen LogP contribution in [0.1, 0.15) is 31.1 Å². The fourth-order valence-electron chi connectivity index (χ4n) is 2.60. The highest BCUT2D eigenvalue weighted by Gasteiger charge is 2.19. The van der Waals surface area contributed by atoms with E-state index in [1.807, 2.05) is 11.3 Å². The zero-order valence-electron chi connectivity index (χ0n) is 12.8. The van der Waals surface area contributed by atoms with Gasteiger partial charge in [-0.05, 0) is 43.2 Å². The monoisotopic (exact) mass is 422 g/mol. The van der Waals surface area contributed by atoms with Crippen LogP contribution in [0.2, 0.25) is 0 Å². The molecule has 1 unspecified atom stereocenters. The van der Waals surface area contributed by atoms with Crippen LogP contribution in [-0.2, 0) is 6.54 Å². The Morgan fingerprint density at radius 2 is 2.43 bits per heavy atom. The SMILES string of the molecule is CCCNC(N)=NCC1CCCN(Cc2cccs2)C1.I. The number of hydrogen-bond acceptors (Lipinski definition) is 3. The fraction of sp³-hybridized carbons (Fsp3) is 0.667. The molecule has 0 aromatic carbocycles. The Balaban J connectivity index is 0.00000220. The highest BCUT2D eigenvalue weighted by molar-refractivity contribution is 14.0. The van der Waals surface area contributed by atoms with E-state index in [4.69, 9.17) is 5.73 Å². The molecule has 1 aromatic rings. The first kappa shape index (κ1) is 18.7. The molecule has 0 aliphatic carbocycles. The predicted octanol–water partition coefficient (Wildman–Crippen LogP) is 2.89. The Morgan fingerprint density at radius 3 is 3.14 bits per heavy atom. The van der Waals surface area contributed by atoms with Crippen LogP contribution < -0.4 is 11.1 Å². The number of nitrogens with one attached hydrogen (secondary N) is 1. The van der Waals surface area contributed by atoms with E-state index >= 15 is 0 Å². The van der Waals surface area contributed by atoms with Crippen molar-refractivity contribution >= 4 is 41.3 Å². The molecule has 21 heavy (non-hydrogen) atoms. The van der Waals surface area contributed by atoms with Gasteiger partial charge in [-0.2, -0.15) is 0 Å². The largest absolute Gasteiger partial charge is 0.370 e. The van der Waals surface area contributed by atoms with Crippen LogP contribution in [0.15, 0.2) is 22.5 Å². The summed E-state index contributed by atoms with van der Waals surface area (Å²) in [5.41, 5.74) is 5.85. The Hall–Kier alpha value is -0.340. The fourth-order valence-corrected chi connectivity index (χ4v) is 3.35. The maximum atomic E-state index is 5.85. The highest BCUT2D eigenvalue weighted by atomic mass is 127. The van der Waals surface area contributed by atoms with Crippen molar-refractivity contribution in [3.05, 3.63) is 22.4 Å². The van der Waals surface area contributed by atoms with Crippen molar-refractivity contribution in [1.82, 2.24) is 10.2 Å². The lowest BCUT2D eigenvalue weighted by Gasteiger charge is -2.31. The van der Waals surface area contributed by atoms with Gasteiger partial charge in [-0.25, -0.2) is 0 Å². The van der Waals surface area contributed by atoms with Gasteiger partial charge in [-0.1, -0.05) is 13.0 Å². The van der Waals surface area contributed by atoms with Gasteiger partial charge in [0, 0.05) is 31.1 Å². The predicted molar refractivity (Wildman–Crippen MR) is 103 cm³/mol. The molecule has 120 valence electrons. The third-order valence-electron chi connectivity index (χ3n) is 3.64. The van der Waals surface area contributed by atoms with Crippen LogP contribution in [0, 0.1) is 5.92 Å². The normalized spacial score (nSPS) is 20.0. The second kappa shape index (κ2) is 10.4. The molecule has 0 spiro atoms. The van der Waals surface area contributed by atoms with Crippen LogP contribution in [0.3, 0.4) is 0 Å². The first-order valence-electron chi connectivity index (χ1n) is 7.56. The number of halogens is 1. The third kappa shape index (κ3) is 6.97. The van der Waals surface area contributed by atoms with Gasteiger partial charge in [-0.15, -0.1) is 35.3 Å². The third-order valence-corrected chi connectivity index (χ3v) is 4.50. The lowest BCUT2D eigenvalue weighted by atomic mass is 9.98. The summed E-state index contributed by atoms with van der Waals surface area (Å²) in [6, 6.07) is 4.35. The maximum Gasteiger partial charge on any atom is 0.188 e. The van der Waals surface area contributed by atoms with Gasteiger partial charge in [0.1, 0.15) is 0 Å². The molecule has 1 saturated heterocycles. The topological polar surface area (TPSA) is 53.6 Å². The minimum Gasteiger partial charge on any atom is -0.370 e. The molecule has 0 saturated carbocycles. The van der Waals surface area contributed by atoms with E-state index in [-0.39, 0.29) is 24.0 Å². The number of hydrogen-bond donors (Lipinski definition) is 2. The summed E-state index contributed by atoms with van der Waals surface area (Å²) >= 11 is 1.85. The number of rotatable bonds is 6. The lowest BCUT2D eigenvalue weighted by molar-refractivity contribution is 0.172. The first-order chi connectivity index (χ1) is 9.78. The van der Waals surface area contributed by atoms with Gasteiger partial charge < -0.3 is 11.1 Å². The van der Waals surface area contributed by atoms with E-state index in [0.717, 1.165) is 32.6 Å². The number of guanidine groups is 1. The summed E-state index contributed by atoms with van der Waals surface area (Å²) in [4.78, 5) is 8.48. The van der Waals surface area contributed by atoms with E-state index < -0.39 is 0 Å². The zero-order valence-corrected chi connectivity index (χ0v) is 15.9. The Kier molecular flexibility index (Phi) is 9.26. The van der Waals surface area contributed by atoms with Gasteiger partial charge in [0.2, 0.25) is 0 Å². The molecule has 4 nitrogen and oxygen atoms in total. The van der Waals surface area contributed by atoms with Gasteiger partial charge in [-0.3, -0.25) is 9.89 Å². The first-order valence-corrected chi connectivity index (χ1v) is 8.44. The number of thiophene rings is 1. The van der Waals surface area contributed by atoms with Gasteiger partial charge in [0.05, 0.1) is 0 Å². The minimum absolute atomic E-state index is 0. The summed E-state index contributed by atoms with van der Waals surface area (Å²) in [7, 11) is 0. The van der Waals surface area contributed by atoms with Crippen LogP contribution in [0.5, 0.6) is 0 Å². The second-order valence-corrected chi connectivity index (χ2v) is 6.51. The molecule has 1 aliphatic rings. The molecule has 3 N–H and O–H groups in total. The van der Waals surface area contributed by atoms with E-state index in [9.17, 15) is 0 Å². The molecule has 1 atom stereocenters. The number of aliphatic imine (C=N–C) groups is 1. The second-order valence-electron chi connectivity index (χ2n) is 5.48. The molecule has 6 heteroatoms. The van der Waals surface area contributed by atoms with Crippen LogP contribution in [0.25, 0.3) is 0 Å². The summed E-state index contributed by atoms with van der Waals surface area (Å²) < 4.78 is 0. The summed E-state index contributed by atoms with van der Waals surface area (Å²) in [5, 5.41) is 5.29. The maximum absolute atomic E-state index is 5.85. The zero-order chi connectivity index (χ0) is 14.2. The van der Waals surface area contributed by atoms with E-state index in [2.05, 4.69) is 39.6 Å². The molecular formula is C15H27IN4S. The van der Waals surface area contributed by atoms with Gasteiger partial charge >= 0.3 is 0 Å². The lowest BCUT2D eigenvalue weighted by Crippen LogP contribution is -2.37. The summed E-state index contributed by atoms with van der Waals surface area (Å²) in [6.07, 6.45) is 3.62. The van der Waals surface area contributed by atoms with Crippen molar-refractivity contribution in [2.24, 2.45) is 16.6 Å². The van der Waals surface area contributed by atoms with Crippen molar-refractivity contribution in [2.45, 2.75) is 32.7 Å². The quantitative estimate of drug-likeness (QED) is 0.421. The van der Waals surface area contributed by atoms with Crippen molar-refractivity contribution in [3.8, 4) is 0 Å². The summed E-state index contributed by atoms with van der Waals surface area (Å²) in [6.45, 7) is 7.32. The van der Waals surface area contributed by atoms with E-state index in [1.165, 1.54) is 24.3 Å². The Bertz CT molecular complexity index is 408. The number of piperidine rings is 1. The smallest absolute Gasteiger partial charge is 0.188 e. The molecule has 0 amide bonds. The Labute approximate surface area is 149 Å². The molecular weight excluding hydrogens is 395 g/mol. The van der Waals surface area contributed by atoms with Crippen molar-refractivity contribution in [2.75, 3.05) is 26.2 Å². The molecule has 0 radical (unpaired) electrons. The average Bonchev–Trinajstić information content (AvgIpc) is 2.96. The average molecular weight is 422 g/mol. The molecule has 2 rings (SSSR count). The number of likely N-dealkylation sites (tertiary alicyclic amines) is 1. The summed E-state index contributed by atoms with van der Waals surface area (Å²) in [5.74, 6) is 1.24. The van der Waals surface area contributed by atoms with Gasteiger partial charge in [0.15, 0.2) is 5.96 Å². The minimum atomic E-state index is 0. The van der Waals surface area contributed by atoms with Crippen molar-refractivity contribution in [3.63, 3.8) is 0 Å². The highest BCUT2D eigenvalue weighted by Crippen LogP contribution is 2.20. The van der Waals surface area contributed by atoms with Crippen molar-refractivity contribution in [1.29, 1.82) is 0 Å².